The van der Waals surface area contributed by atoms with Crippen molar-refractivity contribution in [1.82, 2.24) is 10.2 Å². The zero-order valence-corrected chi connectivity index (χ0v) is 18.5. The highest BCUT2D eigenvalue weighted by Crippen LogP contribution is 2.40. The number of rotatable bonds is 8. The minimum Gasteiger partial charge on any atom is -0.497 e. The van der Waals surface area contributed by atoms with E-state index in [1.807, 2.05) is 19.1 Å². The molecular weight excluding hydrogens is 380 g/mol. The minimum atomic E-state index is -0.0483. The Morgan fingerprint density at radius 1 is 1.10 bits per heavy atom. The predicted molar refractivity (Wildman–Crippen MR) is 117 cm³/mol. The first-order valence-electron chi connectivity index (χ1n) is 10.4. The summed E-state index contributed by atoms with van der Waals surface area (Å²) in [5.74, 6) is 2.35. The van der Waals surface area contributed by atoms with Gasteiger partial charge in [-0.1, -0.05) is 19.1 Å². The molecule has 3 rings (SSSR count). The number of fused-ring (bicyclic) bond motifs is 1. The van der Waals surface area contributed by atoms with Crippen LogP contribution in [0.25, 0.3) is 0 Å². The van der Waals surface area contributed by atoms with E-state index in [1.165, 1.54) is 16.7 Å². The van der Waals surface area contributed by atoms with Crippen LogP contribution in [0.4, 0.5) is 0 Å². The quantitative estimate of drug-likeness (QED) is 0.716. The van der Waals surface area contributed by atoms with E-state index >= 15 is 0 Å². The van der Waals surface area contributed by atoms with Crippen LogP contribution in [0, 0.1) is 0 Å². The maximum Gasteiger partial charge on any atom is 0.219 e. The SMILES string of the molecule is CCC(=O)N[C@@H](C)[C@@H]1c2cc(OC)c(OC)cc2CCN1Cc1ccc(OC)cc1. The number of hydrogen-bond acceptors (Lipinski definition) is 5. The first kappa shape index (κ1) is 22.0. The second kappa shape index (κ2) is 9.85. The van der Waals surface area contributed by atoms with Crippen molar-refractivity contribution >= 4 is 5.91 Å². The average molecular weight is 413 g/mol. The van der Waals surface area contributed by atoms with Crippen molar-refractivity contribution in [2.75, 3.05) is 27.9 Å². The zero-order chi connectivity index (χ0) is 21.7. The van der Waals surface area contributed by atoms with Gasteiger partial charge in [0.1, 0.15) is 5.75 Å². The van der Waals surface area contributed by atoms with E-state index in [0.29, 0.717) is 12.2 Å². The van der Waals surface area contributed by atoms with E-state index in [-0.39, 0.29) is 18.0 Å². The summed E-state index contributed by atoms with van der Waals surface area (Å²) in [6.07, 6.45) is 1.38. The molecule has 0 aliphatic carbocycles. The Bertz CT molecular complexity index is 866. The molecule has 1 heterocycles. The van der Waals surface area contributed by atoms with Gasteiger partial charge in [-0.3, -0.25) is 9.69 Å². The third kappa shape index (κ3) is 4.70. The van der Waals surface area contributed by atoms with Crippen LogP contribution in [0.1, 0.15) is 43.0 Å². The lowest BCUT2D eigenvalue weighted by atomic mass is 9.87. The molecule has 2 atom stereocenters. The van der Waals surface area contributed by atoms with Gasteiger partial charge in [-0.2, -0.15) is 0 Å². The summed E-state index contributed by atoms with van der Waals surface area (Å²) >= 11 is 0. The van der Waals surface area contributed by atoms with Gasteiger partial charge in [0.05, 0.1) is 27.4 Å². The first-order valence-corrected chi connectivity index (χ1v) is 10.4. The number of carbonyl (C=O) groups excluding carboxylic acids is 1. The highest BCUT2D eigenvalue weighted by Gasteiger charge is 2.33. The monoisotopic (exact) mass is 412 g/mol. The molecule has 1 aliphatic heterocycles. The molecule has 6 heteroatoms. The van der Waals surface area contributed by atoms with Crippen LogP contribution in [-0.4, -0.2) is 44.7 Å². The number of hydrogen-bond donors (Lipinski definition) is 1. The molecule has 0 saturated heterocycles. The Morgan fingerprint density at radius 2 is 1.77 bits per heavy atom. The number of benzene rings is 2. The fourth-order valence-corrected chi connectivity index (χ4v) is 4.19. The lowest BCUT2D eigenvalue weighted by Crippen LogP contribution is -2.47. The van der Waals surface area contributed by atoms with Crippen molar-refractivity contribution < 1.29 is 19.0 Å². The van der Waals surface area contributed by atoms with E-state index < -0.39 is 0 Å². The second-order valence-corrected chi connectivity index (χ2v) is 7.63. The van der Waals surface area contributed by atoms with E-state index in [4.69, 9.17) is 14.2 Å². The van der Waals surface area contributed by atoms with Crippen LogP contribution < -0.4 is 19.5 Å². The van der Waals surface area contributed by atoms with Crippen molar-refractivity contribution in [3.63, 3.8) is 0 Å². The summed E-state index contributed by atoms with van der Waals surface area (Å²) in [6.45, 7) is 5.63. The van der Waals surface area contributed by atoms with Gasteiger partial charge in [-0.25, -0.2) is 0 Å². The van der Waals surface area contributed by atoms with E-state index in [9.17, 15) is 4.79 Å². The lowest BCUT2D eigenvalue weighted by Gasteiger charge is -2.41. The maximum absolute atomic E-state index is 12.1. The normalized spacial score (nSPS) is 17.0. The van der Waals surface area contributed by atoms with Crippen LogP contribution in [0.15, 0.2) is 36.4 Å². The third-order valence-corrected chi connectivity index (χ3v) is 5.75. The number of methoxy groups -OCH3 is 3. The summed E-state index contributed by atoms with van der Waals surface area (Å²) < 4.78 is 16.4. The van der Waals surface area contributed by atoms with Gasteiger partial charge < -0.3 is 19.5 Å². The third-order valence-electron chi connectivity index (χ3n) is 5.75. The fourth-order valence-electron chi connectivity index (χ4n) is 4.19. The van der Waals surface area contributed by atoms with Gasteiger partial charge in [0, 0.05) is 25.6 Å². The molecule has 0 spiro atoms. The topological polar surface area (TPSA) is 60.0 Å². The molecule has 162 valence electrons. The van der Waals surface area contributed by atoms with Crippen molar-refractivity contribution in [3.05, 3.63) is 53.1 Å². The molecule has 30 heavy (non-hydrogen) atoms. The molecule has 0 fully saturated rings. The van der Waals surface area contributed by atoms with Crippen LogP contribution >= 0.6 is 0 Å². The van der Waals surface area contributed by atoms with Crippen molar-refractivity contribution in [1.29, 1.82) is 0 Å². The summed E-state index contributed by atoms with van der Waals surface area (Å²) in [4.78, 5) is 14.6. The Balaban J connectivity index is 1.96. The van der Waals surface area contributed by atoms with Gasteiger partial charge in [0.25, 0.3) is 0 Å². The average Bonchev–Trinajstić information content (AvgIpc) is 2.78. The predicted octanol–water partition coefficient (Wildman–Crippen LogP) is 3.73. The molecule has 1 N–H and O–H groups in total. The summed E-state index contributed by atoms with van der Waals surface area (Å²) in [6, 6.07) is 12.3. The van der Waals surface area contributed by atoms with Crippen molar-refractivity contribution in [3.8, 4) is 17.2 Å². The van der Waals surface area contributed by atoms with Crippen LogP contribution in [0.3, 0.4) is 0 Å². The lowest BCUT2D eigenvalue weighted by molar-refractivity contribution is -0.121. The summed E-state index contributed by atoms with van der Waals surface area (Å²) in [5.41, 5.74) is 3.62. The molecule has 2 aromatic rings. The van der Waals surface area contributed by atoms with Crippen LogP contribution in [0.5, 0.6) is 17.2 Å². The van der Waals surface area contributed by atoms with Crippen molar-refractivity contribution in [2.45, 2.75) is 45.3 Å². The highest BCUT2D eigenvalue weighted by molar-refractivity contribution is 5.76. The summed E-state index contributed by atoms with van der Waals surface area (Å²) in [5, 5.41) is 3.17. The van der Waals surface area contributed by atoms with E-state index in [0.717, 1.165) is 31.0 Å². The number of ether oxygens (including phenoxy) is 3. The zero-order valence-electron chi connectivity index (χ0n) is 18.5. The Labute approximate surface area is 179 Å². The molecule has 1 aliphatic rings. The Morgan fingerprint density at radius 3 is 2.37 bits per heavy atom. The molecule has 0 aromatic heterocycles. The molecule has 0 radical (unpaired) electrons. The van der Waals surface area contributed by atoms with Gasteiger partial charge in [0.15, 0.2) is 11.5 Å². The van der Waals surface area contributed by atoms with Crippen LogP contribution in [0.2, 0.25) is 0 Å². The van der Waals surface area contributed by atoms with Gasteiger partial charge in [-0.15, -0.1) is 0 Å². The minimum absolute atomic E-state index is 0.0335. The largest absolute Gasteiger partial charge is 0.497 e. The molecule has 1 amide bonds. The van der Waals surface area contributed by atoms with Gasteiger partial charge >= 0.3 is 0 Å². The molecular formula is C24H32N2O4. The molecule has 0 unspecified atom stereocenters. The standard InChI is InChI=1S/C24H32N2O4/c1-6-23(27)25-16(2)24-20-14-22(30-5)21(29-4)13-18(20)11-12-26(24)15-17-7-9-19(28-3)10-8-17/h7-10,13-14,16,24H,6,11-12,15H2,1-5H3,(H,25,27)/t16-,24+/m0/s1. The van der Waals surface area contributed by atoms with Gasteiger partial charge in [0.2, 0.25) is 5.91 Å². The van der Waals surface area contributed by atoms with E-state index in [2.05, 4.69) is 41.4 Å². The fraction of sp³-hybridized carbons (Fsp3) is 0.458. The Hall–Kier alpha value is -2.73. The van der Waals surface area contributed by atoms with Gasteiger partial charge in [-0.05, 0) is 54.3 Å². The molecule has 0 bridgehead atoms. The second-order valence-electron chi connectivity index (χ2n) is 7.63. The first-order chi connectivity index (χ1) is 14.5. The maximum atomic E-state index is 12.1. The smallest absolute Gasteiger partial charge is 0.219 e. The highest BCUT2D eigenvalue weighted by atomic mass is 16.5. The molecule has 0 saturated carbocycles. The number of carbonyl (C=O) groups is 1. The van der Waals surface area contributed by atoms with Crippen LogP contribution in [-0.2, 0) is 17.8 Å². The molecule has 2 aromatic carbocycles. The van der Waals surface area contributed by atoms with Crippen molar-refractivity contribution in [2.24, 2.45) is 0 Å². The summed E-state index contributed by atoms with van der Waals surface area (Å²) in [7, 11) is 4.98. The molecule has 6 nitrogen and oxygen atoms in total. The number of amides is 1. The number of nitrogens with one attached hydrogen (secondary N) is 1. The van der Waals surface area contributed by atoms with E-state index in [1.54, 1.807) is 21.3 Å². The Kier molecular flexibility index (Phi) is 7.21. The number of nitrogens with zero attached hydrogens (tertiary/aromatic N) is 1.